The van der Waals surface area contributed by atoms with Crippen molar-refractivity contribution in [2.45, 2.75) is 83.3 Å². The summed E-state index contributed by atoms with van der Waals surface area (Å²) in [5.41, 5.74) is 3.10. The van der Waals surface area contributed by atoms with Crippen molar-refractivity contribution in [2.24, 2.45) is 0 Å². The molecule has 2 amide bonds. The number of ether oxygens (including phenoxy) is 2. The molecule has 0 unspecified atom stereocenters. The van der Waals surface area contributed by atoms with Gasteiger partial charge in [0.2, 0.25) is 5.91 Å². The molecule has 4 rings (SSSR count). The molecule has 0 bridgehead atoms. The van der Waals surface area contributed by atoms with E-state index in [1.165, 1.54) is 12.0 Å². The molecule has 6 nitrogen and oxygen atoms in total. The predicted molar refractivity (Wildman–Crippen MR) is 163 cm³/mol. The number of rotatable bonds is 11. The number of hydrogen-bond acceptors (Lipinski definition) is 4. The molecule has 0 aliphatic heterocycles. The second-order valence-electron chi connectivity index (χ2n) is 12.0. The average molecular weight is 557 g/mol. The molecule has 1 aliphatic rings. The van der Waals surface area contributed by atoms with Crippen molar-refractivity contribution < 1.29 is 19.1 Å². The Morgan fingerprint density at radius 3 is 2.22 bits per heavy atom. The Morgan fingerprint density at radius 1 is 0.878 bits per heavy atom. The van der Waals surface area contributed by atoms with Gasteiger partial charge < -0.3 is 19.7 Å². The lowest BCUT2D eigenvalue weighted by molar-refractivity contribution is -0.143. The summed E-state index contributed by atoms with van der Waals surface area (Å²) in [6.45, 7) is 6.58. The number of methoxy groups -OCH3 is 1. The smallest absolute Gasteiger partial charge is 0.261 e. The molecule has 3 aromatic carbocycles. The van der Waals surface area contributed by atoms with E-state index in [1.807, 2.05) is 78.9 Å². The van der Waals surface area contributed by atoms with Gasteiger partial charge >= 0.3 is 0 Å². The van der Waals surface area contributed by atoms with E-state index < -0.39 is 6.04 Å². The molecule has 6 heteroatoms. The Morgan fingerprint density at radius 2 is 1.56 bits per heavy atom. The highest BCUT2D eigenvalue weighted by Crippen LogP contribution is 2.25. The van der Waals surface area contributed by atoms with E-state index in [0.717, 1.165) is 36.8 Å². The Bertz CT molecular complexity index is 1260. The Labute approximate surface area is 245 Å². The first-order valence-corrected chi connectivity index (χ1v) is 14.7. The quantitative estimate of drug-likeness (QED) is 0.294. The monoisotopic (exact) mass is 556 g/mol. The topological polar surface area (TPSA) is 67.9 Å². The summed E-state index contributed by atoms with van der Waals surface area (Å²) >= 11 is 0. The van der Waals surface area contributed by atoms with Gasteiger partial charge in [-0.25, -0.2) is 0 Å². The minimum absolute atomic E-state index is 0.0260. The molecule has 0 aromatic heterocycles. The third kappa shape index (κ3) is 8.84. The minimum Gasteiger partial charge on any atom is -0.497 e. The average Bonchev–Trinajstić information content (AvgIpc) is 2.98. The van der Waals surface area contributed by atoms with Gasteiger partial charge in [-0.05, 0) is 59.2 Å². The fourth-order valence-electron chi connectivity index (χ4n) is 5.34. The van der Waals surface area contributed by atoms with Crippen LogP contribution in [0.1, 0.15) is 69.6 Å². The summed E-state index contributed by atoms with van der Waals surface area (Å²) in [6.07, 6.45) is 5.79. The van der Waals surface area contributed by atoms with Crippen molar-refractivity contribution >= 4 is 11.8 Å². The predicted octanol–water partition coefficient (Wildman–Crippen LogP) is 6.46. The van der Waals surface area contributed by atoms with E-state index in [1.54, 1.807) is 12.0 Å². The highest BCUT2D eigenvalue weighted by molar-refractivity contribution is 5.88. The van der Waals surface area contributed by atoms with Crippen molar-refractivity contribution in [3.63, 3.8) is 0 Å². The lowest BCUT2D eigenvalue weighted by Gasteiger charge is -2.33. The van der Waals surface area contributed by atoms with Crippen molar-refractivity contribution in [2.75, 3.05) is 13.7 Å². The third-order valence-electron chi connectivity index (χ3n) is 7.79. The van der Waals surface area contributed by atoms with Crippen LogP contribution in [0.2, 0.25) is 0 Å². The third-order valence-corrected chi connectivity index (χ3v) is 7.79. The fourth-order valence-corrected chi connectivity index (χ4v) is 5.34. The van der Waals surface area contributed by atoms with Gasteiger partial charge in [0.1, 0.15) is 17.5 Å². The minimum atomic E-state index is -0.690. The Balaban J connectivity index is 1.60. The maximum atomic E-state index is 13.9. The first kappa shape index (κ1) is 30.2. The van der Waals surface area contributed by atoms with Crippen LogP contribution in [0.15, 0.2) is 78.9 Å². The molecule has 0 radical (unpaired) electrons. The molecule has 1 saturated carbocycles. The van der Waals surface area contributed by atoms with Gasteiger partial charge in [-0.15, -0.1) is 0 Å². The van der Waals surface area contributed by atoms with Crippen LogP contribution in [0.25, 0.3) is 0 Å². The van der Waals surface area contributed by atoms with E-state index in [2.05, 4.69) is 26.1 Å². The van der Waals surface area contributed by atoms with Gasteiger partial charge in [-0.2, -0.15) is 0 Å². The van der Waals surface area contributed by atoms with Crippen molar-refractivity contribution in [1.82, 2.24) is 10.2 Å². The highest BCUT2D eigenvalue weighted by atomic mass is 16.5. The number of hydrogen-bond donors (Lipinski definition) is 1. The second-order valence-corrected chi connectivity index (χ2v) is 12.0. The van der Waals surface area contributed by atoms with Crippen LogP contribution in [-0.4, -0.2) is 42.5 Å². The standard InChI is InChI=1S/C35H44N2O4/c1-35(2,3)28-18-20-30(21-19-28)41-25-33(38)37(24-27-14-11-17-31(22-27)40-4)32(23-26-12-7-5-8-13-26)34(39)36-29-15-9-6-10-16-29/h5,7-8,11-14,17-22,29,32H,6,9-10,15-16,23-25H2,1-4H3,(H,36,39)/t32-/m1/s1. The van der Waals surface area contributed by atoms with Crippen LogP contribution < -0.4 is 14.8 Å². The maximum Gasteiger partial charge on any atom is 0.261 e. The zero-order chi connectivity index (χ0) is 29.2. The van der Waals surface area contributed by atoms with Gasteiger partial charge in [0.25, 0.3) is 5.91 Å². The summed E-state index contributed by atoms with van der Waals surface area (Å²) in [5, 5.41) is 3.28. The van der Waals surface area contributed by atoms with E-state index >= 15 is 0 Å². The van der Waals surface area contributed by atoms with Crippen molar-refractivity contribution in [3.05, 3.63) is 95.6 Å². The van der Waals surface area contributed by atoms with E-state index in [4.69, 9.17) is 9.47 Å². The van der Waals surface area contributed by atoms with Gasteiger partial charge in [0.15, 0.2) is 6.61 Å². The number of benzene rings is 3. The summed E-state index contributed by atoms with van der Waals surface area (Å²) < 4.78 is 11.4. The summed E-state index contributed by atoms with van der Waals surface area (Å²) in [5.74, 6) is 0.967. The zero-order valence-electron chi connectivity index (χ0n) is 24.9. The van der Waals surface area contributed by atoms with Crippen LogP contribution in [0.4, 0.5) is 0 Å². The van der Waals surface area contributed by atoms with Gasteiger partial charge in [-0.1, -0.05) is 94.6 Å². The molecule has 0 heterocycles. The molecule has 0 saturated heterocycles. The normalized spacial score (nSPS) is 14.6. The molecule has 1 atom stereocenters. The SMILES string of the molecule is COc1cccc(CN(C(=O)COc2ccc(C(C)(C)C)cc2)[C@H](Cc2ccccc2)C(=O)NC2CCCCC2)c1. The van der Waals surface area contributed by atoms with Crippen LogP contribution in [0.3, 0.4) is 0 Å². The maximum absolute atomic E-state index is 13.9. The first-order chi connectivity index (χ1) is 19.7. The summed E-state index contributed by atoms with van der Waals surface area (Å²) in [7, 11) is 1.62. The summed E-state index contributed by atoms with van der Waals surface area (Å²) in [4.78, 5) is 29.5. The fraction of sp³-hybridized carbons (Fsp3) is 0.429. The molecule has 41 heavy (non-hydrogen) atoms. The van der Waals surface area contributed by atoms with Crippen molar-refractivity contribution in [1.29, 1.82) is 0 Å². The second kappa shape index (κ2) is 14.2. The van der Waals surface area contributed by atoms with Gasteiger partial charge in [-0.3, -0.25) is 9.59 Å². The molecule has 1 aliphatic carbocycles. The number of nitrogens with one attached hydrogen (secondary N) is 1. The van der Waals surface area contributed by atoms with Crippen molar-refractivity contribution in [3.8, 4) is 11.5 Å². The highest BCUT2D eigenvalue weighted by Gasteiger charge is 2.32. The zero-order valence-corrected chi connectivity index (χ0v) is 24.9. The molecular weight excluding hydrogens is 512 g/mol. The van der Waals surface area contributed by atoms with E-state index in [9.17, 15) is 9.59 Å². The molecule has 218 valence electrons. The largest absolute Gasteiger partial charge is 0.497 e. The molecule has 3 aromatic rings. The van der Waals surface area contributed by atoms with Crippen LogP contribution in [0, 0.1) is 0 Å². The molecular formula is C35H44N2O4. The molecule has 1 fully saturated rings. The van der Waals surface area contributed by atoms with Crippen LogP contribution in [0.5, 0.6) is 11.5 Å². The van der Waals surface area contributed by atoms with E-state index in [-0.39, 0.29) is 36.4 Å². The lowest BCUT2D eigenvalue weighted by atomic mass is 9.87. The number of amides is 2. The van der Waals surface area contributed by atoms with Gasteiger partial charge in [0.05, 0.1) is 7.11 Å². The number of carbonyl (C=O) groups is 2. The molecule has 1 N–H and O–H groups in total. The number of nitrogens with zero attached hydrogens (tertiary/aromatic N) is 1. The Kier molecular flexibility index (Phi) is 10.4. The Hall–Kier alpha value is -3.80. The van der Waals surface area contributed by atoms with Gasteiger partial charge in [0, 0.05) is 19.0 Å². The molecule has 0 spiro atoms. The first-order valence-electron chi connectivity index (χ1n) is 14.7. The van der Waals surface area contributed by atoms with Crippen LogP contribution >= 0.6 is 0 Å². The summed E-state index contributed by atoms with van der Waals surface area (Å²) in [6, 6.07) is 24.8. The number of carbonyl (C=O) groups excluding carboxylic acids is 2. The van der Waals surface area contributed by atoms with Crippen LogP contribution in [-0.2, 0) is 28.0 Å². The van der Waals surface area contributed by atoms with E-state index in [0.29, 0.717) is 17.9 Å². The lowest BCUT2D eigenvalue weighted by Crippen LogP contribution is -2.53.